The third-order valence-electron chi connectivity index (χ3n) is 6.21. The highest BCUT2D eigenvalue weighted by atomic mass is 79.9. The van der Waals surface area contributed by atoms with E-state index in [4.69, 9.17) is 4.74 Å². The van der Waals surface area contributed by atoms with Crippen LogP contribution < -0.4 is 0 Å². The summed E-state index contributed by atoms with van der Waals surface area (Å²) in [6.07, 6.45) is 4.47. The number of ether oxygens (including phenoxy) is 1. The first-order valence-electron chi connectivity index (χ1n) is 9.38. The van der Waals surface area contributed by atoms with E-state index < -0.39 is 0 Å². The fraction of sp³-hybridized carbons (Fsp3) is 0.650. The number of nitrogens with zero attached hydrogens (tertiary/aromatic N) is 2. The molecule has 1 aromatic rings. The standard InChI is InChI=1S/C20H27BrN2O2/c1-22(2)15-7-8-18-19(11-15)25-10-9-23(18)20(24)17-12-16(17)13-3-5-14(21)6-4-13/h3-6,15-19H,7-12H2,1-2H3/t15-,16+,17-,18-,19+/m1/s1. The van der Waals surface area contributed by atoms with Crippen LogP contribution in [0.3, 0.4) is 0 Å². The van der Waals surface area contributed by atoms with Crippen molar-refractivity contribution in [2.24, 2.45) is 5.92 Å². The summed E-state index contributed by atoms with van der Waals surface area (Å²) in [6.45, 7) is 1.44. The van der Waals surface area contributed by atoms with E-state index in [1.807, 2.05) is 0 Å². The third kappa shape index (κ3) is 3.51. The van der Waals surface area contributed by atoms with Gasteiger partial charge in [0.15, 0.2) is 0 Å². The second kappa shape index (κ2) is 7.01. The molecule has 0 radical (unpaired) electrons. The SMILES string of the molecule is CN(C)[C@@H]1CC[C@@H]2[C@H](C1)OCCN2C(=O)[C@@H]1C[C@H]1c1ccc(Br)cc1. The summed E-state index contributed by atoms with van der Waals surface area (Å²) in [7, 11) is 4.29. The summed E-state index contributed by atoms with van der Waals surface area (Å²) in [4.78, 5) is 17.6. The predicted molar refractivity (Wildman–Crippen MR) is 102 cm³/mol. The lowest BCUT2D eigenvalue weighted by Crippen LogP contribution is -2.58. The van der Waals surface area contributed by atoms with Crippen molar-refractivity contribution in [1.82, 2.24) is 9.80 Å². The van der Waals surface area contributed by atoms with Gasteiger partial charge < -0.3 is 14.5 Å². The molecule has 2 saturated carbocycles. The Bertz CT molecular complexity index is 633. The molecule has 1 saturated heterocycles. The molecule has 0 N–H and O–H groups in total. The number of morpholine rings is 1. The molecular weight excluding hydrogens is 380 g/mol. The minimum absolute atomic E-state index is 0.173. The number of hydrogen-bond donors (Lipinski definition) is 0. The first kappa shape index (κ1) is 17.5. The van der Waals surface area contributed by atoms with Crippen LogP contribution in [-0.4, -0.2) is 61.1 Å². The van der Waals surface area contributed by atoms with Crippen LogP contribution in [0.2, 0.25) is 0 Å². The van der Waals surface area contributed by atoms with Crippen molar-refractivity contribution in [3.63, 3.8) is 0 Å². The van der Waals surface area contributed by atoms with E-state index in [2.05, 4.69) is 64.1 Å². The molecule has 2 aliphatic carbocycles. The molecular formula is C20H27BrN2O2. The third-order valence-corrected chi connectivity index (χ3v) is 6.74. The van der Waals surface area contributed by atoms with Crippen LogP contribution in [0.4, 0.5) is 0 Å². The minimum Gasteiger partial charge on any atom is -0.374 e. The Labute approximate surface area is 158 Å². The van der Waals surface area contributed by atoms with Crippen LogP contribution in [0.15, 0.2) is 28.7 Å². The molecule has 25 heavy (non-hydrogen) atoms. The maximum Gasteiger partial charge on any atom is 0.226 e. The predicted octanol–water partition coefficient (Wildman–Crippen LogP) is 3.26. The lowest BCUT2D eigenvalue weighted by atomic mass is 9.86. The highest BCUT2D eigenvalue weighted by Crippen LogP contribution is 2.49. The van der Waals surface area contributed by atoms with Gasteiger partial charge in [-0.15, -0.1) is 0 Å². The van der Waals surface area contributed by atoms with Crippen molar-refractivity contribution in [3.05, 3.63) is 34.3 Å². The van der Waals surface area contributed by atoms with E-state index in [1.54, 1.807) is 0 Å². The lowest BCUT2D eigenvalue weighted by Gasteiger charge is -2.47. The normalized spacial score (nSPS) is 34.7. The number of amides is 1. The number of halogens is 1. The van der Waals surface area contributed by atoms with Crippen molar-refractivity contribution in [2.45, 2.75) is 49.8 Å². The zero-order chi connectivity index (χ0) is 17.6. The zero-order valence-corrected chi connectivity index (χ0v) is 16.6. The summed E-state index contributed by atoms with van der Waals surface area (Å²) in [5.41, 5.74) is 1.29. The van der Waals surface area contributed by atoms with Crippen LogP contribution in [-0.2, 0) is 9.53 Å². The van der Waals surface area contributed by atoms with E-state index in [9.17, 15) is 4.79 Å². The number of carbonyl (C=O) groups excluding carboxylic acids is 1. The van der Waals surface area contributed by atoms with Crippen molar-refractivity contribution >= 4 is 21.8 Å². The van der Waals surface area contributed by atoms with Crippen molar-refractivity contribution in [2.75, 3.05) is 27.2 Å². The van der Waals surface area contributed by atoms with Gasteiger partial charge in [0.05, 0.1) is 18.8 Å². The molecule has 0 unspecified atom stereocenters. The van der Waals surface area contributed by atoms with Gasteiger partial charge in [0, 0.05) is 23.0 Å². The fourth-order valence-electron chi connectivity index (χ4n) is 4.60. The molecule has 1 aromatic carbocycles. The lowest BCUT2D eigenvalue weighted by molar-refractivity contribution is -0.153. The van der Waals surface area contributed by atoms with Gasteiger partial charge in [-0.05, 0) is 63.4 Å². The smallest absolute Gasteiger partial charge is 0.226 e. The average molecular weight is 407 g/mol. The number of carbonyl (C=O) groups is 1. The van der Waals surface area contributed by atoms with E-state index in [0.717, 1.165) is 36.7 Å². The molecule has 0 aromatic heterocycles. The Morgan fingerprint density at radius 2 is 1.96 bits per heavy atom. The molecule has 3 aliphatic rings. The van der Waals surface area contributed by atoms with Crippen LogP contribution in [0.5, 0.6) is 0 Å². The molecule has 5 atom stereocenters. The summed E-state index contributed by atoms with van der Waals surface area (Å²) in [6, 6.07) is 9.29. The Kier molecular flexibility index (Phi) is 4.91. The summed E-state index contributed by atoms with van der Waals surface area (Å²) in [5, 5.41) is 0. The first-order valence-corrected chi connectivity index (χ1v) is 10.2. The molecule has 1 heterocycles. The summed E-state index contributed by atoms with van der Waals surface area (Å²) < 4.78 is 7.13. The van der Waals surface area contributed by atoms with E-state index in [-0.39, 0.29) is 18.1 Å². The maximum atomic E-state index is 13.1. The molecule has 4 nitrogen and oxygen atoms in total. The molecule has 3 fully saturated rings. The molecule has 0 spiro atoms. The topological polar surface area (TPSA) is 32.8 Å². The van der Waals surface area contributed by atoms with Gasteiger partial charge in [-0.1, -0.05) is 28.1 Å². The van der Waals surface area contributed by atoms with Crippen LogP contribution >= 0.6 is 15.9 Å². The largest absolute Gasteiger partial charge is 0.374 e. The van der Waals surface area contributed by atoms with Gasteiger partial charge in [-0.3, -0.25) is 4.79 Å². The molecule has 5 heteroatoms. The van der Waals surface area contributed by atoms with Crippen LogP contribution in [0.1, 0.15) is 37.2 Å². The van der Waals surface area contributed by atoms with Crippen molar-refractivity contribution < 1.29 is 9.53 Å². The number of benzene rings is 1. The van der Waals surface area contributed by atoms with Gasteiger partial charge in [-0.2, -0.15) is 0 Å². The average Bonchev–Trinajstić information content (AvgIpc) is 3.41. The Morgan fingerprint density at radius 3 is 2.68 bits per heavy atom. The van der Waals surface area contributed by atoms with E-state index >= 15 is 0 Å². The monoisotopic (exact) mass is 406 g/mol. The highest BCUT2D eigenvalue weighted by molar-refractivity contribution is 9.10. The van der Waals surface area contributed by atoms with Crippen LogP contribution in [0, 0.1) is 5.92 Å². The maximum absolute atomic E-state index is 13.1. The summed E-state index contributed by atoms with van der Waals surface area (Å²) >= 11 is 3.48. The van der Waals surface area contributed by atoms with Gasteiger partial charge in [0.1, 0.15) is 0 Å². The van der Waals surface area contributed by atoms with E-state index in [0.29, 0.717) is 24.5 Å². The zero-order valence-electron chi connectivity index (χ0n) is 15.0. The Balaban J connectivity index is 1.42. The second-order valence-corrected chi connectivity index (χ2v) is 8.85. The van der Waals surface area contributed by atoms with Gasteiger partial charge in [-0.25, -0.2) is 0 Å². The molecule has 1 aliphatic heterocycles. The molecule has 0 bridgehead atoms. The van der Waals surface area contributed by atoms with Gasteiger partial charge in [0.25, 0.3) is 0 Å². The van der Waals surface area contributed by atoms with Crippen molar-refractivity contribution in [3.8, 4) is 0 Å². The molecule has 1 amide bonds. The number of hydrogen-bond acceptors (Lipinski definition) is 3. The molecule has 4 rings (SSSR count). The fourth-order valence-corrected chi connectivity index (χ4v) is 4.86. The minimum atomic E-state index is 0.173. The van der Waals surface area contributed by atoms with E-state index in [1.165, 1.54) is 5.56 Å². The van der Waals surface area contributed by atoms with Crippen LogP contribution in [0.25, 0.3) is 0 Å². The number of fused-ring (bicyclic) bond motifs is 1. The highest BCUT2D eigenvalue weighted by Gasteiger charge is 2.49. The summed E-state index contributed by atoms with van der Waals surface area (Å²) in [5.74, 6) is 0.932. The van der Waals surface area contributed by atoms with Crippen molar-refractivity contribution in [1.29, 1.82) is 0 Å². The quantitative estimate of drug-likeness (QED) is 0.771. The first-order chi connectivity index (χ1) is 12.0. The van der Waals surface area contributed by atoms with Gasteiger partial charge >= 0.3 is 0 Å². The second-order valence-electron chi connectivity index (χ2n) is 7.94. The Morgan fingerprint density at radius 1 is 1.20 bits per heavy atom. The van der Waals surface area contributed by atoms with Gasteiger partial charge in [0.2, 0.25) is 5.91 Å². The Hall–Kier alpha value is -0.910. The number of rotatable bonds is 3. The molecule has 136 valence electrons.